The third-order valence-corrected chi connectivity index (χ3v) is 2.73. The average molecular weight is 250 g/mol. The molecule has 0 aliphatic heterocycles. The number of rotatable bonds is 2. The van der Waals surface area contributed by atoms with Gasteiger partial charge in [-0.25, -0.2) is 0 Å². The van der Waals surface area contributed by atoms with Gasteiger partial charge in [0.2, 0.25) is 0 Å². The van der Waals surface area contributed by atoms with Gasteiger partial charge in [0.15, 0.2) is 0 Å². The Hall–Kier alpha value is 1.38. The van der Waals surface area contributed by atoms with Crippen LogP contribution in [0.15, 0.2) is 0 Å². The standard InChI is InChI=1S/C4H9.2ClH.Sn.3H/c1-3-4-2;;;;;;/h1,3-4H2,2H3;2*1H;;;;/q;;;+2;;;/p-2. The Balaban J connectivity index is -0.0000000800. The van der Waals surface area contributed by atoms with Crippen LogP contribution in [-0.2, 0) is 0 Å². The van der Waals surface area contributed by atoms with Gasteiger partial charge in [-0.2, -0.15) is 0 Å². The van der Waals surface area contributed by atoms with Crippen molar-refractivity contribution in [3.63, 3.8) is 0 Å². The molecule has 0 fully saturated rings. The molecule has 7 heavy (non-hydrogen) atoms. The van der Waals surface area contributed by atoms with E-state index in [4.69, 9.17) is 0 Å². The number of unbranched alkanes of at least 4 members (excludes halogenated alkanes) is 1. The van der Waals surface area contributed by atoms with Crippen LogP contribution in [0.2, 0.25) is 4.44 Å². The third kappa shape index (κ3) is 18.7. The maximum Gasteiger partial charge on any atom is -1.00 e. The van der Waals surface area contributed by atoms with Gasteiger partial charge in [0.25, 0.3) is 0 Å². The molecule has 0 rings (SSSR count). The van der Waals surface area contributed by atoms with Crippen LogP contribution in [0.25, 0.3) is 0 Å². The van der Waals surface area contributed by atoms with Crippen LogP contribution in [0.1, 0.15) is 19.8 Å². The predicted molar refractivity (Wildman–Crippen MR) is 29.7 cm³/mol. The van der Waals surface area contributed by atoms with Crippen molar-refractivity contribution in [2.75, 3.05) is 0 Å². The number of hydrogen-bond acceptors (Lipinski definition) is 0. The van der Waals surface area contributed by atoms with E-state index in [1.165, 1.54) is 12.8 Å². The quantitative estimate of drug-likeness (QED) is 0.429. The van der Waals surface area contributed by atoms with Gasteiger partial charge in [0, 0.05) is 0 Å². The van der Waals surface area contributed by atoms with Crippen molar-refractivity contribution in [3.05, 3.63) is 0 Å². The van der Waals surface area contributed by atoms with E-state index in [2.05, 4.69) is 6.92 Å². The molecule has 0 aliphatic carbocycles. The van der Waals surface area contributed by atoms with Crippen LogP contribution in [0.3, 0.4) is 0 Å². The van der Waals surface area contributed by atoms with Gasteiger partial charge in [-0.1, -0.05) is 0 Å². The fraction of sp³-hybridized carbons (Fsp3) is 1.00. The van der Waals surface area contributed by atoms with Crippen molar-refractivity contribution in [3.8, 4) is 0 Å². The molecule has 3 heteroatoms. The van der Waals surface area contributed by atoms with Crippen molar-refractivity contribution >= 4 is 22.5 Å². The zero-order valence-electron chi connectivity index (χ0n) is 4.88. The maximum absolute atomic E-state index is 2.25. The minimum absolute atomic E-state index is 0. The first-order chi connectivity index (χ1) is 2.41. The van der Waals surface area contributed by atoms with Gasteiger partial charge in [-0.3, -0.25) is 0 Å². The van der Waals surface area contributed by atoms with Gasteiger partial charge >= 0.3 is 46.7 Å². The monoisotopic (exact) mass is 250 g/mol. The Labute approximate surface area is 71.3 Å². The van der Waals surface area contributed by atoms with Gasteiger partial charge in [-0.05, 0) is 0 Å². The summed E-state index contributed by atoms with van der Waals surface area (Å²) in [7, 11) is 0. The van der Waals surface area contributed by atoms with E-state index in [1.54, 1.807) is 4.44 Å². The van der Waals surface area contributed by atoms with E-state index in [-0.39, 0.29) is 24.8 Å². The molecule has 0 aromatic rings. The van der Waals surface area contributed by atoms with Gasteiger partial charge < -0.3 is 24.8 Å². The predicted octanol–water partition coefficient (Wildman–Crippen LogP) is -5.42. The summed E-state index contributed by atoms with van der Waals surface area (Å²) >= 11 is 0.982. The van der Waals surface area contributed by atoms with Crippen molar-refractivity contribution in [1.29, 1.82) is 0 Å². The Morgan fingerprint density at radius 2 is 1.71 bits per heavy atom. The molecule has 0 heterocycles. The molecule has 0 aliphatic rings. The zero-order valence-corrected chi connectivity index (χ0v) is 12.1. The minimum Gasteiger partial charge on any atom is -1.00 e. The Kier molecular flexibility index (Phi) is 35.3. The minimum atomic E-state index is 0. The summed E-state index contributed by atoms with van der Waals surface area (Å²) < 4.78 is 1.55. The first-order valence-corrected chi connectivity index (χ1v) is 6.45. The second-order valence-corrected chi connectivity index (χ2v) is 4.21. The van der Waals surface area contributed by atoms with Crippen molar-refractivity contribution in [2.45, 2.75) is 24.2 Å². The molecule has 0 bridgehead atoms. The van der Waals surface area contributed by atoms with Crippen molar-refractivity contribution < 1.29 is 24.8 Å². The largest absolute Gasteiger partial charge is 1.00 e. The first-order valence-electron chi connectivity index (χ1n) is 2.41. The van der Waals surface area contributed by atoms with Crippen molar-refractivity contribution in [2.24, 2.45) is 0 Å². The van der Waals surface area contributed by atoms with Crippen LogP contribution in [-0.4, -0.2) is 22.5 Å². The summed E-state index contributed by atoms with van der Waals surface area (Å²) in [6.07, 6.45) is 2.88. The van der Waals surface area contributed by atoms with Gasteiger partial charge in [0.05, 0.1) is 0 Å². The summed E-state index contributed by atoms with van der Waals surface area (Å²) in [6, 6.07) is 0. The van der Waals surface area contributed by atoms with E-state index in [1.807, 2.05) is 0 Å². The number of halogens is 2. The molecule has 0 amide bonds. The summed E-state index contributed by atoms with van der Waals surface area (Å²) in [5.41, 5.74) is 0. The number of hydrogen-bond donors (Lipinski definition) is 0. The first kappa shape index (κ1) is 15.8. The van der Waals surface area contributed by atoms with Crippen molar-refractivity contribution in [1.82, 2.24) is 0 Å². The summed E-state index contributed by atoms with van der Waals surface area (Å²) in [4.78, 5) is 0. The van der Waals surface area contributed by atoms with Crippen LogP contribution in [0, 0.1) is 0 Å². The van der Waals surface area contributed by atoms with Crippen LogP contribution in [0.5, 0.6) is 0 Å². The molecule has 0 nitrogen and oxygen atoms in total. The van der Waals surface area contributed by atoms with Crippen LogP contribution in [0.4, 0.5) is 0 Å². The summed E-state index contributed by atoms with van der Waals surface area (Å²) in [6.45, 7) is 2.25. The molecular formula is C4H12Cl2Sn. The maximum atomic E-state index is 2.25. The second-order valence-electron chi connectivity index (χ2n) is 1.35. The SMILES string of the molecule is CCC[CH2][SnH3+2].[Cl-].[Cl-]. The molecule has 0 saturated heterocycles. The van der Waals surface area contributed by atoms with E-state index >= 15 is 0 Å². The zero-order chi connectivity index (χ0) is 4.12. The molecule has 0 spiro atoms. The Bertz CT molecular complexity index is 17.2. The van der Waals surface area contributed by atoms with E-state index in [0.717, 1.165) is 22.5 Å². The molecule has 0 aromatic heterocycles. The third-order valence-electron chi connectivity index (χ3n) is 0.707. The topological polar surface area (TPSA) is 0 Å². The van der Waals surface area contributed by atoms with Gasteiger partial charge in [-0.15, -0.1) is 0 Å². The molecule has 0 aromatic carbocycles. The van der Waals surface area contributed by atoms with E-state index in [0.29, 0.717) is 0 Å². The Morgan fingerprint density at radius 3 is 1.71 bits per heavy atom. The summed E-state index contributed by atoms with van der Waals surface area (Å²) in [5.74, 6) is 0. The molecular weight excluding hydrogens is 238 g/mol. The van der Waals surface area contributed by atoms with Crippen LogP contribution < -0.4 is 24.8 Å². The molecule has 2 radical (unpaired) electrons. The summed E-state index contributed by atoms with van der Waals surface area (Å²) in [5, 5.41) is 0. The normalized spacial score (nSPS) is 6.43. The molecule has 0 saturated carbocycles. The van der Waals surface area contributed by atoms with Gasteiger partial charge in [0.1, 0.15) is 0 Å². The smallest absolute Gasteiger partial charge is 1.00 e. The molecule has 0 atom stereocenters. The average Bonchev–Trinajstić information content (AvgIpc) is 1.41. The Morgan fingerprint density at radius 1 is 1.29 bits per heavy atom. The van der Waals surface area contributed by atoms with E-state index in [9.17, 15) is 0 Å². The van der Waals surface area contributed by atoms with E-state index < -0.39 is 0 Å². The molecule has 46 valence electrons. The van der Waals surface area contributed by atoms with Crippen LogP contribution >= 0.6 is 0 Å². The molecule has 0 N–H and O–H groups in total. The molecule has 0 unspecified atom stereocenters. The fourth-order valence-corrected chi connectivity index (χ4v) is 2.37. The second kappa shape index (κ2) is 15.7. The fourth-order valence-electron chi connectivity index (χ4n) is 0.354.